The zero-order valence-electron chi connectivity index (χ0n) is 10.9. The van der Waals surface area contributed by atoms with Gasteiger partial charge in [0.2, 0.25) is 0 Å². The first-order valence-corrected chi connectivity index (χ1v) is 7.92. The van der Waals surface area contributed by atoms with Crippen molar-refractivity contribution in [1.29, 1.82) is 0 Å². The first-order valence-electron chi connectivity index (χ1n) is 6.12. The van der Waals surface area contributed by atoms with E-state index in [1.807, 2.05) is 0 Å². The maximum atomic E-state index is 11.8. The highest BCUT2D eigenvalue weighted by atomic mass is 32.2. The molecule has 106 valence electrons. The zero-order chi connectivity index (χ0) is 14.4. The molecule has 1 N–H and O–H groups in total. The van der Waals surface area contributed by atoms with Crippen LogP contribution < -0.4 is 5.32 Å². The van der Waals surface area contributed by atoms with Gasteiger partial charge in [-0.25, -0.2) is 4.79 Å². The maximum absolute atomic E-state index is 11.8. The Kier molecular flexibility index (Phi) is 5.49. The first-order chi connectivity index (χ1) is 9.69. The molecule has 0 radical (unpaired) electrons. The number of hydrogen-bond donors (Lipinski definition) is 1. The molecule has 7 heteroatoms. The average molecular weight is 310 g/mol. The molecule has 1 aliphatic rings. The van der Waals surface area contributed by atoms with Crippen molar-refractivity contribution in [3.63, 3.8) is 0 Å². The van der Waals surface area contributed by atoms with Gasteiger partial charge in [-0.2, -0.15) is 0 Å². The number of carbonyl (C=O) groups excluding carboxylic acids is 2. The minimum Gasteiger partial charge on any atom is -0.462 e. The van der Waals surface area contributed by atoms with Crippen molar-refractivity contribution in [2.45, 2.75) is 6.92 Å². The summed E-state index contributed by atoms with van der Waals surface area (Å²) in [6.45, 7) is 2.87. The number of thioether (sulfide) groups is 2. The van der Waals surface area contributed by atoms with Gasteiger partial charge in [0.1, 0.15) is 4.38 Å². The van der Waals surface area contributed by atoms with Crippen molar-refractivity contribution in [3.8, 4) is 0 Å². The molecule has 0 atom stereocenters. The molecule has 1 aromatic carbocycles. The number of anilines is 1. The molecule has 0 saturated carbocycles. The van der Waals surface area contributed by atoms with Crippen LogP contribution in [0.25, 0.3) is 0 Å². The number of aliphatic imine (C=N–C) groups is 1. The van der Waals surface area contributed by atoms with E-state index in [0.29, 0.717) is 17.9 Å². The van der Waals surface area contributed by atoms with Gasteiger partial charge < -0.3 is 10.1 Å². The number of esters is 1. The molecule has 2 rings (SSSR count). The number of hydrogen-bond acceptors (Lipinski definition) is 6. The number of ether oxygens (including phenoxy) is 1. The van der Waals surface area contributed by atoms with E-state index in [0.717, 1.165) is 28.4 Å². The summed E-state index contributed by atoms with van der Waals surface area (Å²) in [5.74, 6) is 0.570. The second-order valence-corrected chi connectivity index (χ2v) is 6.11. The van der Waals surface area contributed by atoms with Crippen LogP contribution in [0.15, 0.2) is 29.3 Å². The van der Waals surface area contributed by atoms with Crippen molar-refractivity contribution in [2.75, 3.05) is 24.2 Å². The van der Waals surface area contributed by atoms with E-state index >= 15 is 0 Å². The average Bonchev–Trinajstić information content (AvgIpc) is 2.92. The van der Waals surface area contributed by atoms with E-state index in [4.69, 9.17) is 4.74 Å². The Morgan fingerprint density at radius 1 is 1.40 bits per heavy atom. The molecule has 1 amide bonds. The lowest BCUT2D eigenvalue weighted by Crippen LogP contribution is -2.08. The molecule has 0 aliphatic carbocycles. The highest BCUT2D eigenvalue weighted by Gasteiger charge is 2.13. The van der Waals surface area contributed by atoms with Gasteiger partial charge in [-0.05, 0) is 43.0 Å². The van der Waals surface area contributed by atoms with E-state index in [2.05, 4.69) is 10.3 Å². The number of nitrogens with one attached hydrogen (secondary N) is 1. The molecule has 0 spiro atoms. The van der Waals surface area contributed by atoms with Crippen LogP contribution in [0.3, 0.4) is 0 Å². The molecule has 0 unspecified atom stereocenters. The topological polar surface area (TPSA) is 67.8 Å². The Morgan fingerprint density at radius 2 is 2.15 bits per heavy atom. The van der Waals surface area contributed by atoms with E-state index < -0.39 is 0 Å². The molecule has 1 heterocycles. The third kappa shape index (κ3) is 4.28. The molecule has 1 aromatic rings. The molecular weight excluding hydrogens is 296 g/mol. The van der Waals surface area contributed by atoms with Gasteiger partial charge in [0, 0.05) is 11.4 Å². The smallest absolute Gasteiger partial charge is 0.338 e. The van der Waals surface area contributed by atoms with Gasteiger partial charge in [-0.3, -0.25) is 9.79 Å². The molecule has 0 saturated heterocycles. The molecule has 0 bridgehead atoms. The minimum absolute atomic E-state index is 0.179. The normalized spacial score (nSPS) is 13.8. The molecular formula is C13H14N2O3S2. The third-order valence-electron chi connectivity index (χ3n) is 2.38. The largest absolute Gasteiger partial charge is 0.462 e. The molecule has 0 aromatic heterocycles. The summed E-state index contributed by atoms with van der Waals surface area (Å²) < 4.78 is 5.69. The van der Waals surface area contributed by atoms with Crippen molar-refractivity contribution in [3.05, 3.63) is 29.8 Å². The standard InChI is InChI=1S/C13H14N2O3S2/c1-2-18-11(16)9-3-5-10(6-4-9)15-12(17)20-13-14-7-8-19-13/h3-6H,2,7-8H2,1H3,(H,15,17). The van der Waals surface area contributed by atoms with E-state index in [-0.39, 0.29) is 11.2 Å². The maximum Gasteiger partial charge on any atom is 0.338 e. The predicted octanol–water partition coefficient (Wildman–Crippen LogP) is 3.23. The van der Waals surface area contributed by atoms with Crippen LogP contribution in [0, 0.1) is 0 Å². The summed E-state index contributed by atoms with van der Waals surface area (Å²) in [6.07, 6.45) is 0. The first kappa shape index (κ1) is 14.9. The minimum atomic E-state index is -0.364. The number of nitrogens with zero attached hydrogens (tertiary/aromatic N) is 1. The van der Waals surface area contributed by atoms with Crippen LogP contribution in [0.5, 0.6) is 0 Å². The van der Waals surface area contributed by atoms with Crippen LogP contribution in [0.1, 0.15) is 17.3 Å². The summed E-state index contributed by atoms with van der Waals surface area (Å²) in [4.78, 5) is 27.4. The molecule has 20 heavy (non-hydrogen) atoms. The second-order valence-electron chi connectivity index (χ2n) is 3.81. The Hall–Kier alpha value is -1.47. The Labute approximate surface area is 125 Å². The fourth-order valence-electron chi connectivity index (χ4n) is 1.50. The van der Waals surface area contributed by atoms with E-state index in [1.165, 1.54) is 0 Å². The fraction of sp³-hybridized carbons (Fsp3) is 0.308. The lowest BCUT2D eigenvalue weighted by molar-refractivity contribution is 0.0526. The summed E-state index contributed by atoms with van der Waals surface area (Å²) >= 11 is 2.68. The number of amides is 1. The Morgan fingerprint density at radius 3 is 2.75 bits per heavy atom. The molecule has 0 fully saturated rings. The number of rotatable bonds is 3. The third-order valence-corrected chi connectivity index (χ3v) is 4.34. The number of benzene rings is 1. The van der Waals surface area contributed by atoms with Gasteiger partial charge in [0.05, 0.1) is 18.7 Å². The van der Waals surface area contributed by atoms with Crippen molar-refractivity contribution < 1.29 is 14.3 Å². The van der Waals surface area contributed by atoms with Gasteiger partial charge in [0.25, 0.3) is 5.24 Å². The zero-order valence-corrected chi connectivity index (χ0v) is 12.6. The second kappa shape index (κ2) is 7.35. The monoisotopic (exact) mass is 310 g/mol. The fourth-order valence-corrected chi connectivity index (χ4v) is 3.24. The van der Waals surface area contributed by atoms with Crippen LogP contribution in [0.2, 0.25) is 0 Å². The lowest BCUT2D eigenvalue weighted by atomic mass is 10.2. The summed E-state index contributed by atoms with van der Waals surface area (Å²) in [5.41, 5.74) is 1.10. The van der Waals surface area contributed by atoms with E-state index in [9.17, 15) is 9.59 Å². The van der Waals surface area contributed by atoms with Gasteiger partial charge in [0.15, 0.2) is 0 Å². The van der Waals surface area contributed by atoms with Crippen LogP contribution in [0.4, 0.5) is 10.5 Å². The Bertz CT molecular complexity index is 529. The quantitative estimate of drug-likeness (QED) is 0.868. The van der Waals surface area contributed by atoms with Crippen molar-refractivity contribution in [2.24, 2.45) is 4.99 Å². The highest BCUT2D eigenvalue weighted by Crippen LogP contribution is 2.24. The SMILES string of the molecule is CCOC(=O)c1ccc(NC(=O)SC2=NCCS2)cc1. The summed E-state index contributed by atoms with van der Waals surface area (Å²) in [5, 5.41) is 2.57. The van der Waals surface area contributed by atoms with Crippen molar-refractivity contribution in [1.82, 2.24) is 0 Å². The van der Waals surface area contributed by atoms with Crippen LogP contribution in [-0.2, 0) is 4.74 Å². The van der Waals surface area contributed by atoms with Gasteiger partial charge in [-0.1, -0.05) is 11.8 Å². The predicted molar refractivity (Wildman–Crippen MR) is 83.8 cm³/mol. The van der Waals surface area contributed by atoms with Gasteiger partial charge in [-0.15, -0.1) is 0 Å². The Balaban J connectivity index is 1.89. The van der Waals surface area contributed by atoms with Crippen LogP contribution in [-0.4, -0.2) is 34.5 Å². The lowest BCUT2D eigenvalue weighted by Gasteiger charge is -2.05. The highest BCUT2D eigenvalue weighted by molar-refractivity contribution is 8.45. The number of carbonyl (C=O) groups is 2. The van der Waals surface area contributed by atoms with Crippen LogP contribution >= 0.6 is 23.5 Å². The summed E-state index contributed by atoms with van der Waals surface area (Å²) in [6, 6.07) is 6.60. The van der Waals surface area contributed by atoms with Crippen molar-refractivity contribution >= 4 is 44.8 Å². The molecule has 5 nitrogen and oxygen atoms in total. The molecule has 1 aliphatic heterocycles. The van der Waals surface area contributed by atoms with E-state index in [1.54, 1.807) is 43.0 Å². The van der Waals surface area contributed by atoms with Gasteiger partial charge >= 0.3 is 5.97 Å². The summed E-state index contributed by atoms with van der Waals surface area (Å²) in [7, 11) is 0.